The molecule has 0 radical (unpaired) electrons. The molecule has 0 unspecified atom stereocenters. The smallest absolute Gasteiger partial charge is 0.272 e. The van der Waals surface area contributed by atoms with Crippen molar-refractivity contribution < 1.29 is 17.7 Å². The van der Waals surface area contributed by atoms with Crippen LogP contribution in [0.5, 0.6) is 0 Å². The number of sulfonamides is 1. The number of benzene rings is 1. The fraction of sp³-hybridized carbons (Fsp3) is 0.267. The first-order valence-corrected chi connectivity index (χ1v) is 10.6. The molecule has 0 spiro atoms. The fourth-order valence-electron chi connectivity index (χ4n) is 2.04. The summed E-state index contributed by atoms with van der Waals surface area (Å²) in [4.78, 5) is 15.6. The molecule has 1 N–H and O–H groups in total. The third-order valence-electron chi connectivity index (χ3n) is 3.51. The highest BCUT2D eigenvalue weighted by atomic mass is 35.5. The zero-order valence-electron chi connectivity index (χ0n) is 14.8. The predicted molar refractivity (Wildman–Crippen MR) is 102 cm³/mol. The van der Waals surface area contributed by atoms with E-state index in [0.717, 1.165) is 15.6 Å². The normalized spacial score (nSPS) is 11.7. The molecule has 148 valence electrons. The molecule has 0 aliphatic heterocycles. The molecule has 28 heavy (non-hydrogen) atoms. The number of rotatable bonds is 7. The van der Waals surface area contributed by atoms with Crippen LogP contribution in [-0.2, 0) is 21.4 Å². The molecule has 2 aromatic heterocycles. The van der Waals surface area contributed by atoms with E-state index in [9.17, 15) is 13.2 Å². The third kappa shape index (κ3) is 4.52. The Bertz CT molecular complexity index is 1100. The highest BCUT2D eigenvalue weighted by Gasteiger charge is 2.27. The number of aromatic nitrogens is 4. The predicted octanol–water partition coefficient (Wildman–Crippen LogP) is 2.41. The molecular weight excluding hydrogens is 428 g/mol. The minimum Gasteiger partial charge on any atom is -0.338 e. The van der Waals surface area contributed by atoms with Gasteiger partial charge in [-0.1, -0.05) is 47.2 Å². The Morgan fingerprint density at radius 1 is 1.36 bits per heavy atom. The Balaban J connectivity index is 1.73. The van der Waals surface area contributed by atoms with Gasteiger partial charge in [0, 0.05) is 24.1 Å². The highest BCUT2D eigenvalue weighted by molar-refractivity contribution is 7.91. The second kappa shape index (κ2) is 8.31. The van der Waals surface area contributed by atoms with Crippen molar-refractivity contribution in [1.29, 1.82) is 0 Å². The van der Waals surface area contributed by atoms with Crippen molar-refractivity contribution >= 4 is 44.0 Å². The van der Waals surface area contributed by atoms with E-state index >= 15 is 0 Å². The van der Waals surface area contributed by atoms with Crippen LogP contribution >= 0.6 is 22.9 Å². The maximum Gasteiger partial charge on any atom is 0.272 e. The number of carbonyl (C=O) groups is 1. The number of hydrogen-bond acceptors (Lipinski definition) is 9. The Morgan fingerprint density at radius 3 is 2.86 bits per heavy atom. The lowest BCUT2D eigenvalue weighted by Gasteiger charge is -2.11. The minimum atomic E-state index is -3.94. The van der Waals surface area contributed by atoms with Gasteiger partial charge in [-0.2, -0.15) is 9.29 Å². The summed E-state index contributed by atoms with van der Waals surface area (Å²) in [5.41, 5.74) is 0.647. The summed E-state index contributed by atoms with van der Waals surface area (Å²) in [5, 5.41) is 14.3. The van der Waals surface area contributed by atoms with Crippen molar-refractivity contribution in [2.45, 2.75) is 24.2 Å². The zero-order chi connectivity index (χ0) is 20.3. The maximum absolute atomic E-state index is 12.6. The molecule has 13 heteroatoms. The van der Waals surface area contributed by atoms with Crippen LogP contribution in [0.1, 0.15) is 19.2 Å². The molecule has 0 saturated heterocycles. The van der Waals surface area contributed by atoms with Crippen molar-refractivity contribution in [3.63, 3.8) is 0 Å². The lowest BCUT2D eigenvalue weighted by atomic mass is 10.2. The van der Waals surface area contributed by atoms with E-state index in [4.69, 9.17) is 16.1 Å². The second-order valence-corrected chi connectivity index (χ2v) is 9.19. The van der Waals surface area contributed by atoms with E-state index in [-0.39, 0.29) is 34.2 Å². The second-order valence-electron chi connectivity index (χ2n) is 5.56. The molecule has 0 aliphatic rings. The van der Waals surface area contributed by atoms with Crippen LogP contribution in [0.15, 0.2) is 33.1 Å². The average molecular weight is 443 g/mol. The van der Waals surface area contributed by atoms with Crippen LogP contribution in [0.4, 0.5) is 5.13 Å². The number of nitrogens with one attached hydrogen (secondary N) is 1. The molecule has 0 fully saturated rings. The number of hydrogen-bond donors (Lipinski definition) is 1. The van der Waals surface area contributed by atoms with Crippen molar-refractivity contribution in [2.24, 2.45) is 0 Å². The molecule has 3 rings (SSSR count). The summed E-state index contributed by atoms with van der Waals surface area (Å²) >= 11 is 6.71. The molecule has 0 aliphatic carbocycles. The van der Waals surface area contributed by atoms with Gasteiger partial charge >= 0.3 is 0 Å². The highest BCUT2D eigenvalue weighted by Crippen LogP contribution is 2.24. The van der Waals surface area contributed by atoms with E-state index in [1.54, 1.807) is 31.2 Å². The monoisotopic (exact) mass is 442 g/mol. The van der Waals surface area contributed by atoms with E-state index in [2.05, 4.69) is 25.7 Å². The van der Waals surface area contributed by atoms with Crippen LogP contribution in [-0.4, -0.2) is 46.0 Å². The molecule has 3 aromatic rings. The SMILES string of the molecule is CCC(=O)Nc1nnc(S(=O)(=O)N(C)Cc2nc(-c3cccc(Cl)c3)no2)s1. The molecule has 0 atom stereocenters. The number of anilines is 1. The Labute approximate surface area is 169 Å². The van der Waals surface area contributed by atoms with E-state index < -0.39 is 10.0 Å². The minimum absolute atomic E-state index is 0.102. The fourth-order valence-corrected chi connectivity index (χ4v) is 4.46. The van der Waals surface area contributed by atoms with Gasteiger partial charge in [0.2, 0.25) is 27.1 Å². The van der Waals surface area contributed by atoms with Gasteiger partial charge < -0.3 is 9.84 Å². The summed E-state index contributed by atoms with van der Waals surface area (Å²) in [5.74, 6) is 0.113. The van der Waals surface area contributed by atoms with Crippen LogP contribution < -0.4 is 5.32 Å². The van der Waals surface area contributed by atoms with E-state index in [1.165, 1.54) is 7.05 Å². The quantitative estimate of drug-likeness (QED) is 0.552. The zero-order valence-corrected chi connectivity index (χ0v) is 17.2. The number of halogens is 1. The van der Waals surface area contributed by atoms with E-state index in [0.29, 0.717) is 16.4 Å². The van der Waals surface area contributed by atoms with Gasteiger partial charge in [-0.05, 0) is 12.1 Å². The number of amides is 1. The largest absolute Gasteiger partial charge is 0.338 e. The van der Waals surface area contributed by atoms with Gasteiger partial charge in [0.05, 0.1) is 6.54 Å². The molecule has 2 heterocycles. The van der Waals surface area contributed by atoms with Gasteiger partial charge in [-0.25, -0.2) is 8.42 Å². The van der Waals surface area contributed by atoms with Crippen molar-refractivity contribution in [3.8, 4) is 11.4 Å². The lowest BCUT2D eigenvalue weighted by molar-refractivity contribution is -0.115. The summed E-state index contributed by atoms with van der Waals surface area (Å²) in [6.45, 7) is 1.51. The van der Waals surface area contributed by atoms with Gasteiger partial charge in [-0.3, -0.25) is 4.79 Å². The first kappa shape index (κ1) is 20.3. The van der Waals surface area contributed by atoms with Crippen molar-refractivity contribution in [2.75, 3.05) is 12.4 Å². The van der Waals surface area contributed by atoms with Crippen molar-refractivity contribution in [3.05, 3.63) is 35.2 Å². The summed E-state index contributed by atoms with van der Waals surface area (Å²) < 4.78 is 31.2. The maximum atomic E-state index is 12.6. The van der Waals surface area contributed by atoms with Crippen LogP contribution in [0, 0.1) is 0 Å². The molecular formula is C15H15ClN6O4S2. The molecule has 0 saturated carbocycles. The van der Waals surface area contributed by atoms with Crippen molar-refractivity contribution in [1.82, 2.24) is 24.6 Å². The first-order chi connectivity index (χ1) is 13.3. The Hall–Kier alpha value is -2.41. The molecule has 0 bridgehead atoms. The number of carbonyl (C=O) groups excluding carboxylic acids is 1. The third-order valence-corrected chi connectivity index (χ3v) is 6.74. The Morgan fingerprint density at radius 2 is 2.14 bits per heavy atom. The lowest BCUT2D eigenvalue weighted by Crippen LogP contribution is -2.26. The first-order valence-electron chi connectivity index (χ1n) is 7.98. The van der Waals surface area contributed by atoms with Gasteiger partial charge in [0.15, 0.2) is 0 Å². The molecule has 10 nitrogen and oxygen atoms in total. The van der Waals surface area contributed by atoms with Gasteiger partial charge in [0.1, 0.15) is 0 Å². The standard InChI is InChI=1S/C15H15ClN6O4S2/c1-3-11(23)17-14-19-20-15(27-14)28(24,25)22(2)8-12-18-13(21-26-12)9-5-4-6-10(16)7-9/h4-7H,3,8H2,1-2H3,(H,17,19,23). The summed E-state index contributed by atoms with van der Waals surface area (Å²) in [7, 11) is -2.59. The topological polar surface area (TPSA) is 131 Å². The van der Waals surface area contributed by atoms with Crippen LogP contribution in [0.3, 0.4) is 0 Å². The van der Waals surface area contributed by atoms with Crippen LogP contribution in [0.25, 0.3) is 11.4 Å². The summed E-state index contributed by atoms with van der Waals surface area (Å²) in [6, 6.07) is 6.89. The average Bonchev–Trinajstić information content (AvgIpc) is 3.31. The molecule has 1 aromatic carbocycles. The molecule has 1 amide bonds. The van der Waals surface area contributed by atoms with Gasteiger partial charge in [0.25, 0.3) is 10.0 Å². The number of nitrogens with zero attached hydrogens (tertiary/aromatic N) is 5. The van der Waals surface area contributed by atoms with E-state index in [1.807, 2.05) is 0 Å². The van der Waals surface area contributed by atoms with Gasteiger partial charge in [-0.15, -0.1) is 10.2 Å². The van der Waals surface area contributed by atoms with Crippen LogP contribution in [0.2, 0.25) is 5.02 Å². The summed E-state index contributed by atoms with van der Waals surface area (Å²) in [6.07, 6.45) is 0.244. The Kier molecular flexibility index (Phi) is 6.03.